The van der Waals surface area contributed by atoms with Gasteiger partial charge in [-0.1, -0.05) is 28.6 Å². The van der Waals surface area contributed by atoms with Crippen LogP contribution in [0.4, 0.5) is 5.13 Å². The molecule has 0 N–H and O–H groups in total. The van der Waals surface area contributed by atoms with E-state index in [2.05, 4.69) is 28.2 Å². The third-order valence-corrected chi connectivity index (χ3v) is 5.61. The van der Waals surface area contributed by atoms with Crippen molar-refractivity contribution in [3.05, 3.63) is 47.3 Å². The first-order valence-electron chi connectivity index (χ1n) is 7.80. The molecule has 1 aliphatic heterocycles. The van der Waals surface area contributed by atoms with Gasteiger partial charge in [0.2, 0.25) is 5.82 Å². The van der Waals surface area contributed by atoms with Crippen LogP contribution in [0.15, 0.2) is 40.4 Å². The molecule has 2 unspecified atom stereocenters. The van der Waals surface area contributed by atoms with Crippen LogP contribution in [0.2, 0.25) is 0 Å². The van der Waals surface area contributed by atoms with Crippen LogP contribution in [0.5, 0.6) is 0 Å². The second kappa shape index (κ2) is 5.82. The number of nitrogens with zero attached hydrogens (tertiary/aromatic N) is 5. The van der Waals surface area contributed by atoms with Crippen LogP contribution >= 0.6 is 11.3 Å². The van der Waals surface area contributed by atoms with Gasteiger partial charge in [0.1, 0.15) is 0 Å². The summed E-state index contributed by atoms with van der Waals surface area (Å²) in [5, 5.41) is 16.2. The second-order valence-corrected chi connectivity index (χ2v) is 6.99. The fourth-order valence-corrected chi connectivity index (χ4v) is 4.16. The van der Waals surface area contributed by atoms with Crippen molar-refractivity contribution in [3.63, 3.8) is 0 Å². The smallest absolute Gasteiger partial charge is 0.286 e. The van der Waals surface area contributed by atoms with Gasteiger partial charge in [-0.3, -0.25) is 4.48 Å². The fraction of sp³-hybridized carbons (Fsp3) is 0.294. The molecular formula is C17H16N5OS+. The van der Waals surface area contributed by atoms with E-state index in [9.17, 15) is 0 Å². The minimum absolute atomic E-state index is 0.122. The Morgan fingerprint density at radius 1 is 1.42 bits per heavy atom. The van der Waals surface area contributed by atoms with E-state index in [-0.39, 0.29) is 6.04 Å². The van der Waals surface area contributed by atoms with E-state index in [1.165, 1.54) is 0 Å². The molecule has 0 bridgehead atoms. The van der Waals surface area contributed by atoms with Crippen molar-refractivity contribution in [2.24, 2.45) is 0 Å². The number of benzene rings is 1. The molecular weight excluding hydrogens is 322 g/mol. The fourth-order valence-electron chi connectivity index (χ4n) is 3.33. The van der Waals surface area contributed by atoms with Crippen LogP contribution in [0.3, 0.4) is 0 Å². The number of thiazole rings is 1. The van der Waals surface area contributed by atoms with Gasteiger partial charge in [-0.15, -0.1) is 0 Å². The zero-order chi connectivity index (χ0) is 16.6. The molecule has 2 aromatic heterocycles. The Kier molecular flexibility index (Phi) is 3.63. The van der Waals surface area contributed by atoms with E-state index in [0.717, 1.165) is 30.1 Å². The third-order valence-electron chi connectivity index (χ3n) is 4.62. The van der Waals surface area contributed by atoms with E-state index in [1.54, 1.807) is 23.5 Å². The molecule has 0 spiro atoms. The number of nitriles is 1. The molecule has 3 heterocycles. The van der Waals surface area contributed by atoms with E-state index in [1.807, 2.05) is 23.7 Å². The molecule has 4 rings (SSSR count). The highest BCUT2D eigenvalue weighted by molar-refractivity contribution is 7.13. The van der Waals surface area contributed by atoms with Gasteiger partial charge in [0.05, 0.1) is 25.2 Å². The summed E-state index contributed by atoms with van der Waals surface area (Å²) in [7, 11) is 2.18. The molecule has 1 fully saturated rings. The molecule has 0 saturated carbocycles. The van der Waals surface area contributed by atoms with Crippen molar-refractivity contribution in [3.8, 4) is 17.5 Å². The number of aromatic nitrogens is 3. The first kappa shape index (κ1) is 15.0. The molecule has 7 heteroatoms. The highest BCUT2D eigenvalue weighted by atomic mass is 32.1. The normalized spacial score (nSPS) is 23.2. The molecule has 0 amide bonds. The van der Waals surface area contributed by atoms with Crippen molar-refractivity contribution >= 4 is 16.5 Å². The van der Waals surface area contributed by atoms with Crippen LogP contribution in [-0.2, 0) is 0 Å². The van der Waals surface area contributed by atoms with Gasteiger partial charge in [-0.25, -0.2) is 0 Å². The molecule has 0 radical (unpaired) electrons. The number of quaternary nitrogens is 1. The highest BCUT2D eigenvalue weighted by Crippen LogP contribution is 2.42. The van der Waals surface area contributed by atoms with Crippen molar-refractivity contribution in [2.75, 3.05) is 13.6 Å². The Morgan fingerprint density at radius 2 is 2.33 bits per heavy atom. The van der Waals surface area contributed by atoms with Crippen LogP contribution in [0, 0.1) is 11.3 Å². The van der Waals surface area contributed by atoms with Gasteiger partial charge in [0.15, 0.2) is 6.04 Å². The van der Waals surface area contributed by atoms with Gasteiger partial charge in [0.25, 0.3) is 11.0 Å². The maximum atomic E-state index is 9.04. The summed E-state index contributed by atoms with van der Waals surface area (Å²) in [6.07, 6.45) is 3.93. The van der Waals surface area contributed by atoms with Gasteiger partial charge >= 0.3 is 0 Å². The molecule has 1 aromatic carbocycles. The molecule has 1 saturated heterocycles. The van der Waals surface area contributed by atoms with Gasteiger partial charge in [-0.2, -0.15) is 15.2 Å². The maximum Gasteiger partial charge on any atom is 0.286 e. The van der Waals surface area contributed by atoms with E-state index < -0.39 is 0 Å². The lowest BCUT2D eigenvalue weighted by molar-refractivity contribution is 0.243. The van der Waals surface area contributed by atoms with Crippen molar-refractivity contribution in [1.82, 2.24) is 19.6 Å². The molecule has 0 aliphatic carbocycles. The number of hydrogen-bond acceptors (Lipinski definition) is 6. The number of hydrogen-bond donors (Lipinski definition) is 0. The van der Waals surface area contributed by atoms with Gasteiger partial charge in [-0.05, 0) is 12.1 Å². The Morgan fingerprint density at radius 3 is 3.12 bits per heavy atom. The van der Waals surface area contributed by atoms with E-state index in [4.69, 9.17) is 9.78 Å². The SMILES string of the molecule is C[N+]1(c2nccs2)CCCC1c1nc(-c2cccc(C#N)c2)no1. The largest absolute Gasteiger partial charge is 0.332 e. The standard InChI is InChI=1S/C17H16N5OS/c1-22(17-19-7-9-24-17)8-3-6-14(22)16-20-15(21-23-16)13-5-2-4-12(10-13)11-18/h2,4-5,7,9-10,14H,3,6,8H2,1H3/q+1. The monoisotopic (exact) mass is 338 g/mol. The molecule has 24 heavy (non-hydrogen) atoms. The minimum Gasteiger partial charge on any atom is -0.332 e. The van der Waals surface area contributed by atoms with Crippen molar-refractivity contribution in [2.45, 2.75) is 18.9 Å². The molecule has 6 nitrogen and oxygen atoms in total. The van der Waals surface area contributed by atoms with Crippen LogP contribution in [0.1, 0.15) is 30.3 Å². The topological polar surface area (TPSA) is 75.6 Å². The first-order chi connectivity index (χ1) is 11.7. The molecule has 3 aromatic rings. The Hall–Kier alpha value is -2.56. The predicted octanol–water partition coefficient (Wildman–Crippen LogP) is 3.54. The summed E-state index contributed by atoms with van der Waals surface area (Å²) in [6, 6.07) is 9.51. The van der Waals surface area contributed by atoms with Crippen molar-refractivity contribution in [1.29, 1.82) is 5.26 Å². The molecule has 2 atom stereocenters. The second-order valence-electron chi connectivity index (χ2n) is 6.11. The van der Waals surface area contributed by atoms with Gasteiger partial charge in [0, 0.05) is 30.0 Å². The molecule has 1 aliphatic rings. The van der Waals surface area contributed by atoms with Gasteiger partial charge < -0.3 is 4.52 Å². The molecule has 120 valence electrons. The number of rotatable bonds is 3. The van der Waals surface area contributed by atoms with Crippen molar-refractivity contribution < 1.29 is 4.52 Å². The van der Waals surface area contributed by atoms with Crippen LogP contribution in [-0.4, -0.2) is 28.7 Å². The summed E-state index contributed by atoms with van der Waals surface area (Å²) in [6.45, 7) is 1.01. The summed E-state index contributed by atoms with van der Waals surface area (Å²) < 4.78 is 6.29. The highest BCUT2D eigenvalue weighted by Gasteiger charge is 2.46. The Balaban J connectivity index is 1.68. The number of likely N-dealkylation sites (tertiary alicyclic amines) is 1. The summed E-state index contributed by atoms with van der Waals surface area (Å²) in [5.74, 6) is 1.17. The third kappa shape index (κ3) is 2.40. The lowest BCUT2D eigenvalue weighted by atomic mass is 10.1. The summed E-state index contributed by atoms with van der Waals surface area (Å²) in [4.78, 5) is 9.12. The predicted molar refractivity (Wildman–Crippen MR) is 91.1 cm³/mol. The van der Waals surface area contributed by atoms with Crippen LogP contribution < -0.4 is 4.48 Å². The van der Waals surface area contributed by atoms with E-state index in [0.29, 0.717) is 21.8 Å². The lowest BCUT2D eigenvalue weighted by Crippen LogP contribution is -2.44. The summed E-state index contributed by atoms with van der Waals surface area (Å²) in [5.41, 5.74) is 1.38. The average molecular weight is 338 g/mol. The maximum absolute atomic E-state index is 9.04. The quantitative estimate of drug-likeness (QED) is 0.683. The zero-order valence-corrected chi connectivity index (χ0v) is 14.0. The van der Waals surface area contributed by atoms with Crippen LogP contribution in [0.25, 0.3) is 11.4 Å². The Labute approximate surface area is 143 Å². The first-order valence-corrected chi connectivity index (χ1v) is 8.68. The zero-order valence-electron chi connectivity index (χ0n) is 13.2. The average Bonchev–Trinajstić information content (AvgIpc) is 3.35. The summed E-state index contributed by atoms with van der Waals surface area (Å²) >= 11 is 1.66. The Bertz CT molecular complexity index is 898. The lowest BCUT2D eigenvalue weighted by Gasteiger charge is -2.30. The van der Waals surface area contributed by atoms with E-state index >= 15 is 0 Å². The minimum atomic E-state index is 0.122.